The molecule has 9 nitrogen and oxygen atoms in total. The van der Waals surface area contributed by atoms with Gasteiger partial charge in [-0.2, -0.15) is 18.3 Å². The Labute approximate surface area is 212 Å². The summed E-state index contributed by atoms with van der Waals surface area (Å²) in [5, 5.41) is 13.2. The third kappa shape index (κ3) is 5.65. The summed E-state index contributed by atoms with van der Waals surface area (Å²) in [5.41, 5.74) is 0.482. The van der Waals surface area contributed by atoms with Crippen LogP contribution in [-0.2, 0) is 24.1 Å². The van der Waals surface area contributed by atoms with Crippen molar-refractivity contribution in [1.29, 1.82) is 0 Å². The molecule has 0 spiro atoms. The van der Waals surface area contributed by atoms with E-state index in [0.717, 1.165) is 4.57 Å². The zero-order chi connectivity index (χ0) is 26.0. The number of fused-ring (bicyclic) bond motifs is 1. The number of rotatable bonds is 9. The molecule has 1 N–H and O–H groups in total. The molecule has 0 radical (unpaired) electrons. The maximum absolute atomic E-state index is 13.9. The first kappa shape index (κ1) is 25.6. The van der Waals surface area contributed by atoms with Gasteiger partial charge in [-0.15, -0.1) is 0 Å². The number of benzene rings is 2. The molecule has 1 atom stereocenters. The van der Waals surface area contributed by atoms with E-state index in [1.165, 1.54) is 49.9 Å². The quantitative estimate of drug-likeness (QED) is 0.319. The van der Waals surface area contributed by atoms with Crippen LogP contribution in [0, 0.1) is 0 Å². The highest BCUT2D eigenvalue weighted by molar-refractivity contribution is 6.36. The van der Waals surface area contributed by atoms with Gasteiger partial charge in [0.15, 0.2) is 6.10 Å². The number of imidazole rings is 1. The lowest BCUT2D eigenvalue weighted by molar-refractivity contribution is -0.147. The van der Waals surface area contributed by atoms with Gasteiger partial charge >= 0.3 is 12.1 Å². The molecule has 4 rings (SSSR count). The van der Waals surface area contributed by atoms with E-state index in [1.54, 1.807) is 4.68 Å². The number of hydrogen-bond acceptors (Lipinski definition) is 6. The van der Waals surface area contributed by atoms with Crippen LogP contribution >= 0.6 is 23.2 Å². The summed E-state index contributed by atoms with van der Waals surface area (Å²) in [4.78, 5) is 18.7. The van der Waals surface area contributed by atoms with Crippen molar-refractivity contribution >= 4 is 40.2 Å². The monoisotopic (exact) mass is 543 g/mol. The number of ether oxygens (including phenoxy) is 2. The van der Waals surface area contributed by atoms with Gasteiger partial charge in [0, 0.05) is 11.1 Å². The van der Waals surface area contributed by atoms with Crippen LogP contribution in [0.3, 0.4) is 0 Å². The van der Waals surface area contributed by atoms with Crippen LogP contribution in [0.5, 0.6) is 11.5 Å². The van der Waals surface area contributed by atoms with E-state index in [2.05, 4.69) is 15.1 Å². The van der Waals surface area contributed by atoms with E-state index in [4.69, 9.17) is 37.8 Å². The second-order valence-electron chi connectivity index (χ2n) is 7.65. The van der Waals surface area contributed by atoms with Gasteiger partial charge in [-0.3, -0.25) is 0 Å². The minimum absolute atomic E-state index is 0.0199. The normalized spacial score (nSPS) is 12.6. The molecule has 0 bridgehead atoms. The second kappa shape index (κ2) is 10.2. The number of carbonyl (C=O) groups is 1. The minimum Gasteiger partial charge on any atom is -0.492 e. The van der Waals surface area contributed by atoms with Crippen molar-refractivity contribution in [3.63, 3.8) is 0 Å². The van der Waals surface area contributed by atoms with Crippen LogP contribution < -0.4 is 9.47 Å². The average Bonchev–Trinajstić information content (AvgIpc) is 3.44. The summed E-state index contributed by atoms with van der Waals surface area (Å²) in [6.45, 7) is 1.55. The van der Waals surface area contributed by atoms with Crippen molar-refractivity contribution in [3.05, 3.63) is 64.4 Å². The fourth-order valence-electron chi connectivity index (χ4n) is 3.37. The lowest BCUT2D eigenvalue weighted by Gasteiger charge is -2.16. The first-order valence-electron chi connectivity index (χ1n) is 10.4. The van der Waals surface area contributed by atoms with Gasteiger partial charge in [0.25, 0.3) is 0 Å². The third-order valence-corrected chi connectivity index (χ3v) is 5.76. The number of alkyl halides is 3. The molecular weight excluding hydrogens is 526 g/mol. The zero-order valence-corrected chi connectivity index (χ0v) is 20.0. The van der Waals surface area contributed by atoms with Gasteiger partial charge in [0.2, 0.25) is 5.82 Å². The Bertz CT molecular complexity index is 1390. The molecule has 0 fully saturated rings. The summed E-state index contributed by atoms with van der Waals surface area (Å²) in [7, 11) is 0. The Kier molecular flexibility index (Phi) is 7.27. The molecular formula is C22H18Cl2F3N5O4. The van der Waals surface area contributed by atoms with Gasteiger partial charge < -0.3 is 19.1 Å². The molecule has 36 heavy (non-hydrogen) atoms. The average molecular weight is 544 g/mol. The maximum atomic E-state index is 13.9. The van der Waals surface area contributed by atoms with E-state index in [1.807, 2.05) is 0 Å². The summed E-state index contributed by atoms with van der Waals surface area (Å²) in [5.74, 6) is -2.07. The number of halogens is 5. The molecule has 4 aromatic rings. The number of nitrogens with zero attached hydrogens (tertiary/aromatic N) is 5. The van der Waals surface area contributed by atoms with Crippen molar-refractivity contribution in [2.75, 3.05) is 6.61 Å². The molecule has 0 saturated heterocycles. The SMILES string of the molecule is C[C@H](Oc1cc(Cn2c(C(F)(F)F)nc3ccc(OCCn4cncn4)cc32)c(Cl)cc1Cl)C(=O)O. The zero-order valence-electron chi connectivity index (χ0n) is 18.5. The van der Waals surface area contributed by atoms with E-state index >= 15 is 0 Å². The minimum atomic E-state index is -4.76. The summed E-state index contributed by atoms with van der Waals surface area (Å²) in [6.07, 6.45) is -3.11. The van der Waals surface area contributed by atoms with Crippen molar-refractivity contribution in [3.8, 4) is 11.5 Å². The third-order valence-electron chi connectivity index (χ3n) is 5.11. The first-order chi connectivity index (χ1) is 17.0. The smallest absolute Gasteiger partial charge is 0.449 e. The van der Waals surface area contributed by atoms with Crippen molar-refractivity contribution in [2.24, 2.45) is 0 Å². The van der Waals surface area contributed by atoms with Gasteiger partial charge in [-0.05, 0) is 36.8 Å². The summed E-state index contributed by atoms with van der Waals surface area (Å²) < 4.78 is 55.2. The van der Waals surface area contributed by atoms with E-state index in [-0.39, 0.29) is 45.5 Å². The number of aliphatic carboxylic acids is 1. The number of aromatic nitrogens is 5. The van der Waals surface area contributed by atoms with Gasteiger partial charge in [0.05, 0.1) is 29.1 Å². The van der Waals surface area contributed by atoms with Crippen molar-refractivity contribution < 1.29 is 32.5 Å². The summed E-state index contributed by atoms with van der Waals surface area (Å²) >= 11 is 12.4. The van der Waals surface area contributed by atoms with Gasteiger partial charge in [-0.1, -0.05) is 23.2 Å². The van der Waals surface area contributed by atoms with E-state index in [9.17, 15) is 18.0 Å². The highest BCUT2D eigenvalue weighted by Crippen LogP contribution is 2.36. The van der Waals surface area contributed by atoms with Crippen LogP contribution in [0.4, 0.5) is 13.2 Å². The fourth-order valence-corrected chi connectivity index (χ4v) is 3.86. The van der Waals surface area contributed by atoms with Crippen LogP contribution in [0.1, 0.15) is 18.3 Å². The first-order valence-corrected chi connectivity index (χ1v) is 11.2. The molecule has 190 valence electrons. The largest absolute Gasteiger partial charge is 0.492 e. The molecule has 2 aromatic heterocycles. The lowest BCUT2D eigenvalue weighted by Crippen LogP contribution is -2.23. The molecule has 0 saturated carbocycles. The second-order valence-corrected chi connectivity index (χ2v) is 8.46. The molecule has 0 aliphatic rings. The predicted molar refractivity (Wildman–Crippen MR) is 124 cm³/mol. The molecule has 0 amide bonds. The fraction of sp³-hybridized carbons (Fsp3) is 0.273. The molecule has 0 unspecified atom stereocenters. The van der Waals surface area contributed by atoms with Crippen LogP contribution in [0.15, 0.2) is 43.0 Å². The Morgan fingerprint density at radius 2 is 1.97 bits per heavy atom. The molecule has 2 heterocycles. The van der Waals surface area contributed by atoms with Gasteiger partial charge in [-0.25, -0.2) is 19.4 Å². The molecule has 0 aliphatic heterocycles. The van der Waals surface area contributed by atoms with Gasteiger partial charge in [0.1, 0.15) is 30.8 Å². The highest BCUT2D eigenvalue weighted by atomic mass is 35.5. The number of carboxylic acid groups (broad SMARTS) is 1. The lowest BCUT2D eigenvalue weighted by atomic mass is 10.2. The standard InChI is InChI=1S/C22H18Cl2F3N5O4/c1-12(20(33)34)36-19-6-13(15(23)8-16(19)24)9-32-18-7-14(35-5-4-31-11-28-10-29-31)2-3-17(18)30-21(32)22(25,26)27/h2-3,6-8,10-12H,4-5,9H2,1H3,(H,33,34)/t12-/m0/s1. The summed E-state index contributed by atoms with van der Waals surface area (Å²) in [6, 6.07) is 7.00. The van der Waals surface area contributed by atoms with Crippen LogP contribution in [0.25, 0.3) is 11.0 Å². The van der Waals surface area contributed by atoms with Crippen molar-refractivity contribution in [1.82, 2.24) is 24.3 Å². The Morgan fingerprint density at radius 3 is 2.64 bits per heavy atom. The predicted octanol–water partition coefficient (Wildman–Crippen LogP) is 4.93. The number of carboxylic acids is 1. The topological polar surface area (TPSA) is 104 Å². The van der Waals surface area contributed by atoms with Crippen molar-refractivity contribution in [2.45, 2.75) is 32.3 Å². The Morgan fingerprint density at radius 1 is 1.19 bits per heavy atom. The highest BCUT2D eigenvalue weighted by Gasteiger charge is 2.38. The Hall–Kier alpha value is -3.51. The van der Waals surface area contributed by atoms with Crippen LogP contribution in [0.2, 0.25) is 10.0 Å². The van der Waals surface area contributed by atoms with E-state index < -0.39 is 24.1 Å². The maximum Gasteiger partial charge on any atom is 0.449 e. The van der Waals surface area contributed by atoms with Crippen LogP contribution in [-0.4, -0.2) is 48.1 Å². The number of hydrogen-bond donors (Lipinski definition) is 1. The molecule has 0 aliphatic carbocycles. The molecule has 2 aromatic carbocycles. The molecule has 14 heteroatoms. The van der Waals surface area contributed by atoms with E-state index in [0.29, 0.717) is 12.3 Å². The Balaban J connectivity index is 1.69.